The fourth-order valence-corrected chi connectivity index (χ4v) is 2.16. The molecule has 0 aliphatic carbocycles. The second kappa shape index (κ2) is 3.99. The van der Waals surface area contributed by atoms with Crippen molar-refractivity contribution >= 4 is 11.3 Å². The van der Waals surface area contributed by atoms with E-state index in [9.17, 15) is 8.78 Å². The Bertz CT molecular complexity index is 584. The number of aryl methyl sites for hydroxylation is 1. The van der Waals surface area contributed by atoms with Crippen LogP contribution in [-0.4, -0.2) is 4.98 Å². The van der Waals surface area contributed by atoms with Crippen LogP contribution in [0.2, 0.25) is 0 Å². The lowest BCUT2D eigenvalue weighted by Gasteiger charge is -1.98. The molecule has 0 fully saturated rings. The zero-order chi connectivity index (χ0) is 11.7. The van der Waals surface area contributed by atoms with E-state index in [0.29, 0.717) is 15.6 Å². The van der Waals surface area contributed by atoms with Crippen molar-refractivity contribution in [3.8, 4) is 16.6 Å². The van der Waals surface area contributed by atoms with Gasteiger partial charge >= 0.3 is 0 Å². The van der Waals surface area contributed by atoms with E-state index in [4.69, 9.17) is 5.26 Å². The highest BCUT2D eigenvalue weighted by molar-refractivity contribution is 7.15. The van der Waals surface area contributed by atoms with E-state index in [-0.39, 0.29) is 5.56 Å². The lowest BCUT2D eigenvalue weighted by Crippen LogP contribution is -1.85. The molecule has 0 atom stereocenters. The van der Waals surface area contributed by atoms with Crippen molar-refractivity contribution in [3.05, 3.63) is 40.4 Å². The molecule has 5 heteroatoms. The fourth-order valence-electron chi connectivity index (χ4n) is 1.28. The Morgan fingerprint density at radius 3 is 2.75 bits per heavy atom. The van der Waals surface area contributed by atoms with Crippen LogP contribution in [0.15, 0.2) is 18.2 Å². The minimum absolute atomic E-state index is 0.0922. The van der Waals surface area contributed by atoms with Crippen molar-refractivity contribution in [1.82, 2.24) is 4.98 Å². The summed E-state index contributed by atoms with van der Waals surface area (Å²) in [4.78, 5) is 4.46. The van der Waals surface area contributed by atoms with E-state index >= 15 is 0 Å². The summed E-state index contributed by atoms with van der Waals surface area (Å²) in [5.74, 6) is -1.07. The van der Waals surface area contributed by atoms with Crippen LogP contribution in [-0.2, 0) is 0 Å². The lowest BCUT2D eigenvalue weighted by atomic mass is 10.2. The maximum atomic E-state index is 13.4. The molecule has 0 amide bonds. The molecule has 0 saturated carbocycles. The van der Waals surface area contributed by atoms with Gasteiger partial charge in [0.05, 0.1) is 5.69 Å². The average molecular weight is 236 g/mol. The van der Waals surface area contributed by atoms with Crippen molar-refractivity contribution in [2.45, 2.75) is 6.92 Å². The quantitative estimate of drug-likeness (QED) is 0.762. The summed E-state index contributed by atoms with van der Waals surface area (Å²) in [7, 11) is 0. The molecule has 0 spiro atoms. The van der Waals surface area contributed by atoms with Gasteiger partial charge in [0.2, 0.25) is 0 Å². The van der Waals surface area contributed by atoms with Crippen LogP contribution >= 0.6 is 11.3 Å². The van der Waals surface area contributed by atoms with E-state index in [1.165, 1.54) is 0 Å². The molecule has 2 aromatic rings. The Hall–Kier alpha value is -1.80. The molecule has 2 nitrogen and oxygen atoms in total. The summed E-state index contributed by atoms with van der Waals surface area (Å²) >= 11 is 1.06. The van der Waals surface area contributed by atoms with Crippen molar-refractivity contribution in [2.75, 3.05) is 0 Å². The SMILES string of the molecule is Cc1nc(-c2cc(F)ccc2F)sc1C#N. The molecule has 0 bridgehead atoms. The average Bonchev–Trinajstić information content (AvgIpc) is 2.63. The summed E-state index contributed by atoms with van der Waals surface area (Å²) in [6.07, 6.45) is 0. The number of nitriles is 1. The number of aromatic nitrogens is 1. The van der Waals surface area contributed by atoms with Gasteiger partial charge in [0.1, 0.15) is 27.6 Å². The maximum Gasteiger partial charge on any atom is 0.133 e. The Morgan fingerprint density at radius 1 is 1.38 bits per heavy atom. The second-order valence-corrected chi connectivity index (χ2v) is 4.17. The standard InChI is InChI=1S/C11H6F2N2S/c1-6-10(5-14)16-11(15-6)8-4-7(12)2-3-9(8)13/h2-4H,1H3. The minimum Gasteiger partial charge on any atom is -0.240 e. The Kier molecular flexibility index (Phi) is 2.67. The van der Waals surface area contributed by atoms with Gasteiger partial charge in [0.15, 0.2) is 0 Å². The molecule has 1 heterocycles. The van der Waals surface area contributed by atoms with Crippen molar-refractivity contribution in [1.29, 1.82) is 5.26 Å². The fraction of sp³-hybridized carbons (Fsp3) is 0.0909. The number of thiazole rings is 1. The number of hydrogen-bond donors (Lipinski definition) is 0. The molecule has 1 aromatic heterocycles. The molecular weight excluding hydrogens is 230 g/mol. The van der Waals surface area contributed by atoms with E-state index in [1.54, 1.807) is 6.92 Å². The van der Waals surface area contributed by atoms with E-state index in [2.05, 4.69) is 4.98 Å². The number of nitrogens with zero attached hydrogens (tertiary/aromatic N) is 2. The highest BCUT2D eigenvalue weighted by Crippen LogP contribution is 2.29. The first-order valence-electron chi connectivity index (χ1n) is 4.45. The van der Waals surface area contributed by atoms with Crippen LogP contribution in [0.1, 0.15) is 10.6 Å². The maximum absolute atomic E-state index is 13.4. The van der Waals surface area contributed by atoms with Crippen LogP contribution in [0.4, 0.5) is 8.78 Å². The first-order chi connectivity index (χ1) is 7.61. The lowest BCUT2D eigenvalue weighted by molar-refractivity contribution is 0.603. The highest BCUT2D eigenvalue weighted by atomic mass is 32.1. The van der Waals surface area contributed by atoms with E-state index in [0.717, 1.165) is 29.5 Å². The largest absolute Gasteiger partial charge is 0.240 e. The van der Waals surface area contributed by atoms with Gasteiger partial charge in [-0.05, 0) is 25.1 Å². The van der Waals surface area contributed by atoms with Crippen LogP contribution in [0.25, 0.3) is 10.6 Å². The van der Waals surface area contributed by atoms with Crippen LogP contribution in [0, 0.1) is 29.9 Å². The predicted molar refractivity (Wildman–Crippen MR) is 56.9 cm³/mol. The Balaban J connectivity index is 2.59. The van der Waals surface area contributed by atoms with E-state index < -0.39 is 11.6 Å². The van der Waals surface area contributed by atoms with Gasteiger partial charge in [-0.1, -0.05) is 0 Å². The molecule has 0 radical (unpaired) electrons. The van der Waals surface area contributed by atoms with Crippen molar-refractivity contribution in [3.63, 3.8) is 0 Å². The van der Waals surface area contributed by atoms with Gasteiger partial charge in [-0.2, -0.15) is 5.26 Å². The topological polar surface area (TPSA) is 36.7 Å². The number of halogens is 2. The van der Waals surface area contributed by atoms with Gasteiger partial charge in [-0.25, -0.2) is 13.8 Å². The Morgan fingerprint density at radius 2 is 2.12 bits per heavy atom. The van der Waals surface area contributed by atoms with Gasteiger partial charge in [-0.15, -0.1) is 11.3 Å². The monoisotopic (exact) mass is 236 g/mol. The minimum atomic E-state index is -0.542. The van der Waals surface area contributed by atoms with Gasteiger partial charge in [-0.3, -0.25) is 0 Å². The zero-order valence-electron chi connectivity index (χ0n) is 8.29. The Labute approximate surface area is 94.8 Å². The number of benzene rings is 1. The summed E-state index contributed by atoms with van der Waals surface area (Å²) in [6, 6.07) is 5.13. The third kappa shape index (κ3) is 1.79. The summed E-state index contributed by atoms with van der Waals surface area (Å²) < 4.78 is 26.4. The molecular formula is C11H6F2N2S. The molecule has 1 aromatic carbocycles. The molecule has 80 valence electrons. The molecule has 2 rings (SSSR count). The van der Waals surface area contributed by atoms with Crippen LogP contribution in [0.5, 0.6) is 0 Å². The first-order valence-corrected chi connectivity index (χ1v) is 5.26. The molecule has 0 N–H and O–H groups in total. The molecule has 0 saturated heterocycles. The number of rotatable bonds is 1. The predicted octanol–water partition coefficient (Wildman–Crippen LogP) is 3.27. The number of hydrogen-bond acceptors (Lipinski definition) is 3. The smallest absolute Gasteiger partial charge is 0.133 e. The summed E-state index contributed by atoms with van der Waals surface area (Å²) in [6.45, 7) is 1.66. The molecule has 0 aliphatic heterocycles. The zero-order valence-corrected chi connectivity index (χ0v) is 9.11. The second-order valence-electron chi connectivity index (χ2n) is 3.17. The van der Waals surface area contributed by atoms with Gasteiger partial charge in [0.25, 0.3) is 0 Å². The molecule has 0 aliphatic rings. The van der Waals surface area contributed by atoms with Crippen molar-refractivity contribution < 1.29 is 8.78 Å². The van der Waals surface area contributed by atoms with Crippen LogP contribution in [0.3, 0.4) is 0 Å². The van der Waals surface area contributed by atoms with Crippen LogP contribution < -0.4 is 0 Å². The third-order valence-electron chi connectivity index (χ3n) is 2.06. The van der Waals surface area contributed by atoms with Gasteiger partial charge < -0.3 is 0 Å². The normalized spacial score (nSPS) is 10.1. The highest BCUT2D eigenvalue weighted by Gasteiger charge is 2.13. The first kappa shape index (κ1) is 10.7. The third-order valence-corrected chi connectivity index (χ3v) is 3.15. The van der Waals surface area contributed by atoms with Gasteiger partial charge in [0, 0.05) is 5.56 Å². The summed E-state index contributed by atoms with van der Waals surface area (Å²) in [5.41, 5.74) is 0.626. The van der Waals surface area contributed by atoms with E-state index in [1.807, 2.05) is 6.07 Å². The summed E-state index contributed by atoms with van der Waals surface area (Å²) in [5, 5.41) is 9.08. The van der Waals surface area contributed by atoms with Crippen molar-refractivity contribution in [2.24, 2.45) is 0 Å². The molecule has 16 heavy (non-hydrogen) atoms. The molecule has 0 unspecified atom stereocenters.